The Balaban J connectivity index is 1.43. The van der Waals surface area contributed by atoms with E-state index in [1.165, 1.54) is 0 Å². The van der Waals surface area contributed by atoms with Crippen molar-refractivity contribution < 1.29 is 14.4 Å². The summed E-state index contributed by atoms with van der Waals surface area (Å²) >= 11 is 0. The van der Waals surface area contributed by atoms with Gasteiger partial charge in [0, 0.05) is 37.7 Å². The molecule has 1 saturated heterocycles. The third-order valence-corrected chi connectivity index (χ3v) is 6.18. The molecule has 1 fully saturated rings. The van der Waals surface area contributed by atoms with E-state index in [-0.39, 0.29) is 18.1 Å². The minimum Gasteiger partial charge on any atom is -0.392 e. The molecule has 9 heteroatoms. The van der Waals surface area contributed by atoms with E-state index in [0.29, 0.717) is 51.5 Å². The molecule has 2 aliphatic rings. The van der Waals surface area contributed by atoms with Gasteiger partial charge in [0.15, 0.2) is 11.6 Å². The molecule has 2 atom stereocenters. The number of β-amino-alcohol motifs (C(OH)–C–C–N with tert-alkyl or cyclic N) is 1. The van der Waals surface area contributed by atoms with Gasteiger partial charge in [0.2, 0.25) is 5.91 Å². The maximum absolute atomic E-state index is 12.7. The van der Waals surface area contributed by atoms with Gasteiger partial charge in [0.1, 0.15) is 5.76 Å². The number of fused-ring (bicyclic) bond motifs is 1. The van der Waals surface area contributed by atoms with Crippen LogP contribution in [0.5, 0.6) is 0 Å². The number of aliphatic hydroxyl groups is 1. The Bertz CT molecular complexity index is 869. The molecule has 4 rings (SSSR count). The van der Waals surface area contributed by atoms with E-state index >= 15 is 0 Å². The molecule has 4 heterocycles. The molecular weight excluding hydrogens is 372 g/mol. The number of aryl methyl sites for hydroxylation is 2. The zero-order valence-corrected chi connectivity index (χ0v) is 17.6. The number of nitrogens with zero attached hydrogens (tertiary/aromatic N) is 6. The fourth-order valence-electron chi connectivity index (χ4n) is 4.55. The molecule has 0 radical (unpaired) electrons. The fourth-order valence-corrected chi connectivity index (χ4v) is 4.55. The lowest BCUT2D eigenvalue weighted by atomic mass is 10.1. The highest BCUT2D eigenvalue weighted by Gasteiger charge is 2.38. The Morgan fingerprint density at radius 2 is 2.07 bits per heavy atom. The Morgan fingerprint density at radius 1 is 1.28 bits per heavy atom. The van der Waals surface area contributed by atoms with Crippen LogP contribution in [0.1, 0.15) is 61.4 Å². The van der Waals surface area contributed by atoms with Gasteiger partial charge >= 0.3 is 0 Å². The van der Waals surface area contributed by atoms with Gasteiger partial charge in [-0.3, -0.25) is 9.69 Å². The van der Waals surface area contributed by atoms with Gasteiger partial charge in [-0.1, -0.05) is 5.16 Å². The number of hydrogen-bond acceptors (Lipinski definition) is 7. The Labute approximate surface area is 170 Å². The van der Waals surface area contributed by atoms with Gasteiger partial charge in [-0.25, -0.2) is 0 Å². The third kappa shape index (κ3) is 3.81. The van der Waals surface area contributed by atoms with Crippen molar-refractivity contribution in [2.45, 2.75) is 78.2 Å². The van der Waals surface area contributed by atoms with E-state index in [1.54, 1.807) is 0 Å². The summed E-state index contributed by atoms with van der Waals surface area (Å²) in [6, 6.07) is 0.407. The average molecular weight is 402 g/mol. The summed E-state index contributed by atoms with van der Waals surface area (Å²) in [5.41, 5.74) is 1.88. The summed E-state index contributed by atoms with van der Waals surface area (Å²) < 4.78 is 7.32. The number of rotatable bonds is 5. The van der Waals surface area contributed by atoms with Crippen LogP contribution in [-0.4, -0.2) is 66.0 Å². The smallest absolute Gasteiger partial charge is 0.223 e. The largest absolute Gasteiger partial charge is 0.392 e. The van der Waals surface area contributed by atoms with E-state index in [4.69, 9.17) is 4.52 Å². The first-order valence-corrected chi connectivity index (χ1v) is 10.4. The molecule has 0 saturated carbocycles. The van der Waals surface area contributed by atoms with Gasteiger partial charge in [0.05, 0.1) is 24.4 Å². The predicted octanol–water partition coefficient (Wildman–Crippen LogP) is 1.37. The number of hydrogen-bond donors (Lipinski definition) is 1. The van der Waals surface area contributed by atoms with Crippen molar-refractivity contribution in [3.63, 3.8) is 0 Å². The number of likely N-dealkylation sites (tertiary alicyclic amines) is 1. The van der Waals surface area contributed by atoms with Crippen LogP contribution in [0.2, 0.25) is 0 Å². The maximum Gasteiger partial charge on any atom is 0.223 e. The second-order valence-electron chi connectivity index (χ2n) is 8.44. The zero-order chi connectivity index (χ0) is 20.7. The zero-order valence-electron chi connectivity index (χ0n) is 17.6. The second-order valence-corrected chi connectivity index (χ2v) is 8.44. The Kier molecular flexibility index (Phi) is 5.44. The number of carbonyl (C=O) groups is 1. The van der Waals surface area contributed by atoms with Crippen LogP contribution in [0.3, 0.4) is 0 Å². The van der Waals surface area contributed by atoms with Gasteiger partial charge in [0.25, 0.3) is 0 Å². The second kappa shape index (κ2) is 7.87. The quantitative estimate of drug-likeness (QED) is 0.806. The monoisotopic (exact) mass is 402 g/mol. The minimum absolute atomic E-state index is 0.0769. The highest BCUT2D eigenvalue weighted by Crippen LogP contribution is 2.33. The third-order valence-electron chi connectivity index (χ3n) is 6.18. The molecule has 0 spiro atoms. The molecular formula is C20H30N6O3. The van der Waals surface area contributed by atoms with Gasteiger partial charge in [-0.2, -0.15) is 0 Å². The molecule has 2 aliphatic heterocycles. The first-order valence-electron chi connectivity index (χ1n) is 10.4. The van der Waals surface area contributed by atoms with Crippen LogP contribution < -0.4 is 0 Å². The van der Waals surface area contributed by atoms with E-state index in [2.05, 4.69) is 38.7 Å². The van der Waals surface area contributed by atoms with E-state index < -0.39 is 0 Å². The molecule has 9 nitrogen and oxygen atoms in total. The molecule has 2 aromatic heterocycles. The lowest BCUT2D eigenvalue weighted by Crippen LogP contribution is -2.40. The van der Waals surface area contributed by atoms with Crippen molar-refractivity contribution >= 4 is 5.91 Å². The van der Waals surface area contributed by atoms with E-state index in [0.717, 1.165) is 28.7 Å². The summed E-state index contributed by atoms with van der Waals surface area (Å²) in [6.45, 7) is 10.5. The number of carbonyl (C=O) groups excluding carboxylic acids is 1. The minimum atomic E-state index is -0.332. The van der Waals surface area contributed by atoms with Gasteiger partial charge in [-0.15, -0.1) is 10.2 Å². The normalized spacial score (nSPS) is 22.5. The summed E-state index contributed by atoms with van der Waals surface area (Å²) in [7, 11) is 0. The van der Waals surface area contributed by atoms with Crippen LogP contribution in [0, 0.1) is 13.8 Å². The molecule has 158 valence electrons. The van der Waals surface area contributed by atoms with Crippen molar-refractivity contribution in [2.24, 2.45) is 0 Å². The van der Waals surface area contributed by atoms with Crippen LogP contribution in [0.15, 0.2) is 4.52 Å². The molecule has 0 aliphatic carbocycles. The van der Waals surface area contributed by atoms with Crippen LogP contribution >= 0.6 is 0 Å². The summed E-state index contributed by atoms with van der Waals surface area (Å²) in [4.78, 5) is 16.9. The Morgan fingerprint density at radius 3 is 2.76 bits per heavy atom. The highest BCUT2D eigenvalue weighted by atomic mass is 16.5. The standard InChI is InChI=1S/C20H30N6O3/c1-12(2)26-10-15(27)9-17(26)20-22-21-18-11-24(7-8-25(18)20)19(28)6-5-16-13(3)23-29-14(16)4/h12,15,17,27H,5-11H2,1-4H3/t15-,17-/m0/s1. The molecule has 2 aromatic rings. The van der Waals surface area contributed by atoms with E-state index in [9.17, 15) is 9.90 Å². The van der Waals surface area contributed by atoms with E-state index in [1.807, 2.05) is 18.7 Å². The summed E-state index contributed by atoms with van der Waals surface area (Å²) in [5, 5.41) is 22.9. The topological polar surface area (TPSA) is 101 Å². The van der Waals surface area contributed by atoms with Gasteiger partial charge < -0.3 is 19.1 Å². The summed E-state index contributed by atoms with van der Waals surface area (Å²) in [6.07, 6.45) is 1.41. The van der Waals surface area contributed by atoms with Crippen molar-refractivity contribution in [1.29, 1.82) is 0 Å². The highest BCUT2D eigenvalue weighted by molar-refractivity contribution is 5.76. The lowest BCUT2D eigenvalue weighted by Gasteiger charge is -2.31. The number of aromatic nitrogens is 4. The molecule has 0 unspecified atom stereocenters. The number of aliphatic hydroxyl groups excluding tert-OH is 1. The number of amides is 1. The summed E-state index contributed by atoms with van der Waals surface area (Å²) in [5.74, 6) is 2.63. The molecule has 0 bridgehead atoms. The fraction of sp³-hybridized carbons (Fsp3) is 0.700. The van der Waals surface area contributed by atoms with Crippen molar-refractivity contribution in [3.05, 3.63) is 28.7 Å². The first kappa shape index (κ1) is 20.0. The van der Waals surface area contributed by atoms with Crippen molar-refractivity contribution in [2.75, 3.05) is 13.1 Å². The maximum atomic E-state index is 12.7. The van der Waals surface area contributed by atoms with Crippen LogP contribution in [0.25, 0.3) is 0 Å². The average Bonchev–Trinajstić information content (AvgIpc) is 3.36. The van der Waals surface area contributed by atoms with Crippen molar-refractivity contribution in [1.82, 2.24) is 29.7 Å². The first-order chi connectivity index (χ1) is 13.8. The molecule has 0 aromatic carbocycles. The molecule has 1 amide bonds. The van der Waals surface area contributed by atoms with Crippen LogP contribution in [0.4, 0.5) is 0 Å². The van der Waals surface area contributed by atoms with Crippen LogP contribution in [-0.2, 0) is 24.3 Å². The lowest BCUT2D eigenvalue weighted by molar-refractivity contribution is -0.132. The SMILES string of the molecule is Cc1noc(C)c1CCC(=O)N1CCn2c(nnc2[C@@H]2C[C@H](O)CN2C(C)C)C1. The predicted molar refractivity (Wildman–Crippen MR) is 105 cm³/mol. The molecule has 29 heavy (non-hydrogen) atoms. The molecule has 1 N–H and O–H groups in total. The van der Waals surface area contributed by atoms with Gasteiger partial charge in [-0.05, 0) is 40.5 Å². The van der Waals surface area contributed by atoms with Crippen molar-refractivity contribution in [3.8, 4) is 0 Å². The Hall–Kier alpha value is -2.26.